The first kappa shape index (κ1) is 14.5. The maximum Gasteiger partial charge on any atom is 0.294 e. The summed E-state index contributed by atoms with van der Waals surface area (Å²) in [7, 11) is 0. The second-order valence-corrected chi connectivity index (χ2v) is 4.33. The van der Waals surface area contributed by atoms with Crippen molar-refractivity contribution >= 4 is 17.3 Å². The summed E-state index contributed by atoms with van der Waals surface area (Å²) in [5.41, 5.74) is 2.81. The highest BCUT2D eigenvalue weighted by Gasteiger charge is 2.22. The molecule has 1 aromatic heterocycles. The molecule has 0 aliphatic heterocycles. The van der Waals surface area contributed by atoms with Gasteiger partial charge in [0, 0.05) is 17.8 Å². The van der Waals surface area contributed by atoms with E-state index in [1.54, 1.807) is 19.3 Å². The SMILES string of the molecule is CC(NC(=O)c1cccc([N+](=O)[O-])c1NN)c1cn[nH]c1. The molecule has 0 aliphatic rings. The fourth-order valence-electron chi connectivity index (χ4n) is 1.89. The Hall–Kier alpha value is -2.94. The van der Waals surface area contributed by atoms with Gasteiger partial charge in [0.1, 0.15) is 5.69 Å². The lowest BCUT2D eigenvalue weighted by atomic mass is 10.1. The summed E-state index contributed by atoms with van der Waals surface area (Å²) >= 11 is 0. The fourth-order valence-corrected chi connectivity index (χ4v) is 1.89. The largest absolute Gasteiger partial charge is 0.345 e. The van der Waals surface area contributed by atoms with Gasteiger partial charge in [-0.1, -0.05) is 6.07 Å². The van der Waals surface area contributed by atoms with Crippen LogP contribution >= 0.6 is 0 Å². The second-order valence-electron chi connectivity index (χ2n) is 4.33. The van der Waals surface area contributed by atoms with Crippen LogP contribution in [-0.2, 0) is 0 Å². The van der Waals surface area contributed by atoms with Crippen molar-refractivity contribution < 1.29 is 9.72 Å². The van der Waals surface area contributed by atoms with Crippen LogP contribution in [0.5, 0.6) is 0 Å². The summed E-state index contributed by atoms with van der Waals surface area (Å²) in [6, 6.07) is 3.85. The first-order valence-electron chi connectivity index (χ1n) is 6.08. The summed E-state index contributed by atoms with van der Waals surface area (Å²) in [4.78, 5) is 22.6. The summed E-state index contributed by atoms with van der Waals surface area (Å²) in [5.74, 6) is 4.83. The number of carbonyl (C=O) groups is 1. The molecule has 0 saturated carbocycles. The Morgan fingerprint density at radius 2 is 2.29 bits per heavy atom. The fraction of sp³-hybridized carbons (Fsp3) is 0.167. The molecule has 1 atom stereocenters. The third-order valence-corrected chi connectivity index (χ3v) is 3.00. The topological polar surface area (TPSA) is 139 Å². The van der Waals surface area contributed by atoms with E-state index in [2.05, 4.69) is 20.9 Å². The van der Waals surface area contributed by atoms with Gasteiger partial charge in [0.2, 0.25) is 0 Å². The number of aromatic amines is 1. The normalized spacial score (nSPS) is 11.7. The number of nitro benzene ring substituents is 1. The van der Waals surface area contributed by atoms with E-state index in [1.807, 2.05) is 0 Å². The molecule has 0 radical (unpaired) electrons. The highest BCUT2D eigenvalue weighted by molar-refractivity contribution is 6.01. The molecule has 9 nitrogen and oxygen atoms in total. The Morgan fingerprint density at radius 3 is 2.86 bits per heavy atom. The molecule has 1 amide bonds. The number of nitrogens with one attached hydrogen (secondary N) is 3. The molecule has 0 fully saturated rings. The Balaban J connectivity index is 2.27. The van der Waals surface area contributed by atoms with E-state index in [0.29, 0.717) is 0 Å². The van der Waals surface area contributed by atoms with Crippen LogP contribution < -0.4 is 16.6 Å². The molecule has 0 bridgehead atoms. The van der Waals surface area contributed by atoms with Crippen LogP contribution in [0, 0.1) is 10.1 Å². The number of nitrogens with zero attached hydrogens (tertiary/aromatic N) is 2. The number of H-pyrrole nitrogens is 1. The number of nitrogen functional groups attached to an aromatic ring is 1. The first-order chi connectivity index (χ1) is 10.0. The molecule has 0 spiro atoms. The molecule has 5 N–H and O–H groups in total. The lowest BCUT2D eigenvalue weighted by Gasteiger charge is -2.14. The molecule has 0 saturated heterocycles. The van der Waals surface area contributed by atoms with E-state index in [9.17, 15) is 14.9 Å². The number of hydrazine groups is 1. The van der Waals surface area contributed by atoms with Crippen LogP contribution in [0.2, 0.25) is 0 Å². The molecule has 2 aromatic rings. The minimum atomic E-state index is -0.606. The van der Waals surface area contributed by atoms with Crippen molar-refractivity contribution in [2.24, 2.45) is 5.84 Å². The van der Waals surface area contributed by atoms with Crippen LogP contribution in [0.1, 0.15) is 28.9 Å². The van der Waals surface area contributed by atoms with Crippen molar-refractivity contribution in [1.82, 2.24) is 15.5 Å². The third kappa shape index (κ3) is 2.98. The van der Waals surface area contributed by atoms with Gasteiger partial charge < -0.3 is 10.7 Å². The lowest BCUT2D eigenvalue weighted by Crippen LogP contribution is -2.28. The van der Waals surface area contributed by atoms with Gasteiger partial charge in [-0.2, -0.15) is 5.10 Å². The Morgan fingerprint density at radius 1 is 1.52 bits per heavy atom. The Labute approximate surface area is 119 Å². The number of amides is 1. The Bertz CT molecular complexity index is 655. The summed E-state index contributed by atoms with van der Waals surface area (Å²) in [5, 5.41) is 20.1. The van der Waals surface area contributed by atoms with E-state index in [-0.39, 0.29) is 23.0 Å². The number of anilines is 1. The third-order valence-electron chi connectivity index (χ3n) is 3.00. The van der Waals surface area contributed by atoms with E-state index in [0.717, 1.165) is 5.56 Å². The number of nitro groups is 1. The van der Waals surface area contributed by atoms with E-state index >= 15 is 0 Å². The molecule has 1 heterocycles. The molecule has 1 unspecified atom stereocenters. The van der Waals surface area contributed by atoms with Crippen molar-refractivity contribution in [3.63, 3.8) is 0 Å². The van der Waals surface area contributed by atoms with Crippen molar-refractivity contribution in [3.05, 3.63) is 51.8 Å². The summed E-state index contributed by atoms with van der Waals surface area (Å²) < 4.78 is 0. The lowest BCUT2D eigenvalue weighted by molar-refractivity contribution is -0.384. The van der Waals surface area contributed by atoms with Gasteiger partial charge in [0.25, 0.3) is 11.6 Å². The van der Waals surface area contributed by atoms with E-state index in [4.69, 9.17) is 5.84 Å². The minimum Gasteiger partial charge on any atom is -0.345 e. The van der Waals surface area contributed by atoms with E-state index < -0.39 is 10.8 Å². The van der Waals surface area contributed by atoms with E-state index in [1.165, 1.54) is 18.2 Å². The van der Waals surface area contributed by atoms with Gasteiger partial charge in [0.15, 0.2) is 0 Å². The van der Waals surface area contributed by atoms with Crippen molar-refractivity contribution in [3.8, 4) is 0 Å². The number of hydrogen-bond donors (Lipinski definition) is 4. The monoisotopic (exact) mass is 290 g/mol. The van der Waals surface area contributed by atoms with Crippen molar-refractivity contribution in [1.29, 1.82) is 0 Å². The summed E-state index contributed by atoms with van der Waals surface area (Å²) in [6.45, 7) is 1.77. The Kier molecular flexibility index (Phi) is 4.14. The van der Waals surface area contributed by atoms with Gasteiger partial charge in [0.05, 0.1) is 22.7 Å². The summed E-state index contributed by atoms with van der Waals surface area (Å²) in [6.07, 6.45) is 3.24. The smallest absolute Gasteiger partial charge is 0.294 e. The van der Waals surface area contributed by atoms with Crippen LogP contribution in [0.15, 0.2) is 30.6 Å². The van der Waals surface area contributed by atoms with Gasteiger partial charge >= 0.3 is 0 Å². The highest BCUT2D eigenvalue weighted by atomic mass is 16.6. The van der Waals surface area contributed by atoms with Gasteiger partial charge in [-0.15, -0.1) is 0 Å². The maximum atomic E-state index is 12.2. The number of aromatic nitrogens is 2. The van der Waals surface area contributed by atoms with Crippen LogP contribution in [-0.4, -0.2) is 21.0 Å². The number of rotatable bonds is 5. The number of nitrogens with two attached hydrogens (primary N) is 1. The molecular formula is C12H14N6O3. The number of hydrogen-bond acceptors (Lipinski definition) is 6. The number of carbonyl (C=O) groups excluding carboxylic acids is 1. The minimum absolute atomic E-state index is 0.0283. The van der Waals surface area contributed by atoms with Crippen molar-refractivity contribution in [2.75, 3.05) is 5.43 Å². The molecule has 21 heavy (non-hydrogen) atoms. The highest BCUT2D eigenvalue weighted by Crippen LogP contribution is 2.27. The van der Waals surface area contributed by atoms with Crippen LogP contribution in [0.3, 0.4) is 0 Å². The predicted molar refractivity (Wildman–Crippen MR) is 75.4 cm³/mol. The predicted octanol–water partition coefficient (Wildman–Crippen LogP) is 1.09. The second kappa shape index (κ2) is 6.01. The van der Waals surface area contributed by atoms with Gasteiger partial charge in [-0.25, -0.2) is 0 Å². The van der Waals surface area contributed by atoms with Crippen LogP contribution in [0.25, 0.3) is 0 Å². The van der Waals surface area contributed by atoms with Crippen LogP contribution in [0.4, 0.5) is 11.4 Å². The molecule has 9 heteroatoms. The van der Waals surface area contributed by atoms with Gasteiger partial charge in [-0.05, 0) is 13.0 Å². The zero-order valence-electron chi connectivity index (χ0n) is 11.2. The number of benzene rings is 1. The zero-order chi connectivity index (χ0) is 15.4. The molecule has 1 aromatic carbocycles. The molecular weight excluding hydrogens is 276 g/mol. The number of para-hydroxylation sites is 1. The maximum absolute atomic E-state index is 12.2. The molecule has 110 valence electrons. The average molecular weight is 290 g/mol. The van der Waals surface area contributed by atoms with Gasteiger partial charge in [-0.3, -0.25) is 25.9 Å². The molecule has 0 aliphatic carbocycles. The standard InChI is InChI=1S/C12H14N6O3/c1-7(8-5-14-15-6-8)16-12(19)9-3-2-4-10(18(20)21)11(9)17-13/h2-7,17H,13H2,1H3,(H,14,15)(H,16,19). The van der Waals surface area contributed by atoms with Crippen molar-refractivity contribution in [2.45, 2.75) is 13.0 Å². The quantitative estimate of drug-likeness (QED) is 0.369. The molecule has 2 rings (SSSR count). The average Bonchev–Trinajstić information content (AvgIpc) is 3.00. The first-order valence-corrected chi connectivity index (χ1v) is 6.08. The zero-order valence-corrected chi connectivity index (χ0v) is 11.2.